The molecule has 2 amide bonds. The minimum atomic E-state index is -0.960. The molecule has 1 aromatic heterocycles. The highest BCUT2D eigenvalue weighted by Crippen LogP contribution is 2.32. The van der Waals surface area contributed by atoms with E-state index in [-0.39, 0.29) is 12.1 Å². The fraction of sp³-hybridized carbons (Fsp3) is 0.600. The van der Waals surface area contributed by atoms with E-state index >= 15 is 0 Å². The molecule has 0 bridgehead atoms. The van der Waals surface area contributed by atoms with Crippen molar-refractivity contribution >= 4 is 23.3 Å². The van der Waals surface area contributed by atoms with Crippen LogP contribution in [0.3, 0.4) is 0 Å². The van der Waals surface area contributed by atoms with Crippen LogP contribution < -0.4 is 5.32 Å². The summed E-state index contributed by atoms with van der Waals surface area (Å²) in [7, 11) is 0. The molecule has 2 N–H and O–H groups in total. The Morgan fingerprint density at radius 1 is 1.57 bits per heavy atom. The summed E-state index contributed by atoms with van der Waals surface area (Å²) >= 11 is 1.72. The average molecular weight is 310 g/mol. The Kier molecular flexibility index (Phi) is 5.22. The van der Waals surface area contributed by atoms with Crippen molar-refractivity contribution in [2.45, 2.75) is 51.6 Å². The summed E-state index contributed by atoms with van der Waals surface area (Å²) in [6.07, 6.45) is 3.03. The number of thiophene rings is 1. The van der Waals surface area contributed by atoms with Crippen LogP contribution in [0.25, 0.3) is 0 Å². The second-order valence-corrected chi connectivity index (χ2v) is 6.40. The van der Waals surface area contributed by atoms with Crippen molar-refractivity contribution < 1.29 is 14.7 Å². The SMILES string of the molecule is CCCCC(NC(=O)N1CCc2sccc2C1C)C(=O)O. The predicted molar refractivity (Wildman–Crippen MR) is 82.6 cm³/mol. The standard InChI is InChI=1S/C15H22N2O3S/c1-3-4-5-12(14(18)19)16-15(20)17-8-6-13-11(10(17)2)7-9-21-13/h7,9-10,12H,3-6,8H2,1-2H3,(H,16,20)(H,18,19). The van der Waals surface area contributed by atoms with Crippen LogP contribution in [0.2, 0.25) is 0 Å². The summed E-state index contributed by atoms with van der Waals surface area (Å²) < 4.78 is 0. The minimum Gasteiger partial charge on any atom is -0.480 e. The lowest BCUT2D eigenvalue weighted by atomic mass is 10.0. The highest BCUT2D eigenvalue weighted by atomic mass is 32.1. The predicted octanol–water partition coefficient (Wildman–Crippen LogP) is 3.02. The Hall–Kier alpha value is -1.56. The number of carbonyl (C=O) groups is 2. The lowest BCUT2D eigenvalue weighted by Gasteiger charge is -2.34. The molecule has 0 saturated carbocycles. The Labute approximate surface area is 129 Å². The van der Waals surface area contributed by atoms with Gasteiger partial charge in [0.1, 0.15) is 6.04 Å². The number of unbranched alkanes of at least 4 members (excludes halogenated alkanes) is 1. The zero-order valence-electron chi connectivity index (χ0n) is 12.5. The quantitative estimate of drug-likeness (QED) is 0.878. The fourth-order valence-electron chi connectivity index (χ4n) is 2.68. The van der Waals surface area contributed by atoms with Gasteiger partial charge < -0.3 is 15.3 Å². The van der Waals surface area contributed by atoms with E-state index in [4.69, 9.17) is 0 Å². The second-order valence-electron chi connectivity index (χ2n) is 5.40. The lowest BCUT2D eigenvalue weighted by molar-refractivity contribution is -0.139. The third kappa shape index (κ3) is 3.56. The second kappa shape index (κ2) is 6.93. The number of amides is 2. The molecule has 0 aliphatic carbocycles. The van der Waals surface area contributed by atoms with Gasteiger partial charge in [-0.2, -0.15) is 0 Å². The van der Waals surface area contributed by atoms with E-state index in [2.05, 4.69) is 11.4 Å². The topological polar surface area (TPSA) is 69.6 Å². The number of hydrogen-bond donors (Lipinski definition) is 2. The number of hydrogen-bond acceptors (Lipinski definition) is 3. The number of carboxylic acids is 1. The number of carboxylic acid groups (broad SMARTS) is 1. The Bertz CT molecular complexity index is 515. The van der Waals surface area contributed by atoms with E-state index in [0.717, 1.165) is 19.3 Å². The van der Waals surface area contributed by atoms with E-state index in [1.165, 1.54) is 10.4 Å². The molecule has 0 radical (unpaired) electrons. The van der Waals surface area contributed by atoms with Crippen molar-refractivity contribution in [1.29, 1.82) is 0 Å². The van der Waals surface area contributed by atoms with Crippen molar-refractivity contribution in [2.24, 2.45) is 0 Å². The van der Waals surface area contributed by atoms with Gasteiger partial charge in [0, 0.05) is 11.4 Å². The van der Waals surface area contributed by atoms with Gasteiger partial charge in [0.15, 0.2) is 0 Å². The van der Waals surface area contributed by atoms with Gasteiger partial charge in [0.05, 0.1) is 6.04 Å². The molecule has 2 heterocycles. The number of aliphatic carboxylic acids is 1. The molecule has 21 heavy (non-hydrogen) atoms. The molecule has 6 heteroatoms. The van der Waals surface area contributed by atoms with Crippen LogP contribution >= 0.6 is 11.3 Å². The number of carbonyl (C=O) groups excluding carboxylic acids is 1. The zero-order valence-corrected chi connectivity index (χ0v) is 13.3. The third-order valence-corrected chi connectivity index (χ3v) is 4.98. The molecule has 116 valence electrons. The molecule has 0 aromatic carbocycles. The van der Waals surface area contributed by atoms with E-state index in [1.54, 1.807) is 16.2 Å². The van der Waals surface area contributed by atoms with E-state index in [1.807, 2.05) is 19.2 Å². The first kappa shape index (κ1) is 15.8. The molecule has 5 nitrogen and oxygen atoms in total. The maximum atomic E-state index is 12.4. The molecule has 2 unspecified atom stereocenters. The molecular weight excluding hydrogens is 288 g/mol. The van der Waals surface area contributed by atoms with Gasteiger partial charge in [-0.3, -0.25) is 0 Å². The summed E-state index contributed by atoms with van der Waals surface area (Å²) in [4.78, 5) is 26.7. The van der Waals surface area contributed by atoms with Crippen molar-refractivity contribution in [3.63, 3.8) is 0 Å². The average Bonchev–Trinajstić information content (AvgIpc) is 2.92. The first-order valence-electron chi connectivity index (χ1n) is 7.40. The van der Waals surface area contributed by atoms with Gasteiger partial charge in [-0.1, -0.05) is 19.8 Å². The van der Waals surface area contributed by atoms with E-state index in [9.17, 15) is 14.7 Å². The highest BCUT2D eigenvalue weighted by molar-refractivity contribution is 7.10. The van der Waals surface area contributed by atoms with Crippen molar-refractivity contribution in [3.8, 4) is 0 Å². The maximum absolute atomic E-state index is 12.4. The number of nitrogens with zero attached hydrogens (tertiary/aromatic N) is 1. The van der Waals surface area contributed by atoms with Crippen LogP contribution in [-0.4, -0.2) is 34.6 Å². The smallest absolute Gasteiger partial charge is 0.326 e. The maximum Gasteiger partial charge on any atom is 0.326 e. The highest BCUT2D eigenvalue weighted by Gasteiger charge is 2.30. The van der Waals surface area contributed by atoms with Crippen LogP contribution in [0, 0.1) is 0 Å². The summed E-state index contributed by atoms with van der Waals surface area (Å²) in [5, 5.41) is 13.9. The Morgan fingerprint density at radius 2 is 2.33 bits per heavy atom. The Balaban J connectivity index is 2.01. The molecule has 1 aliphatic rings. The summed E-state index contributed by atoms with van der Waals surface area (Å²) in [5.41, 5.74) is 1.18. The molecule has 2 atom stereocenters. The third-order valence-electron chi connectivity index (χ3n) is 3.98. The summed E-state index contributed by atoms with van der Waals surface area (Å²) in [5.74, 6) is -0.960. The molecular formula is C15H22N2O3S. The molecule has 1 aromatic rings. The van der Waals surface area contributed by atoms with Gasteiger partial charge in [-0.25, -0.2) is 9.59 Å². The number of rotatable bonds is 5. The van der Waals surface area contributed by atoms with Gasteiger partial charge in [-0.05, 0) is 36.8 Å². The first-order chi connectivity index (χ1) is 10.0. The number of urea groups is 1. The number of nitrogens with one attached hydrogen (secondary N) is 1. The molecule has 0 fully saturated rings. The summed E-state index contributed by atoms with van der Waals surface area (Å²) in [6, 6.07) is 0.979. The number of fused-ring (bicyclic) bond motifs is 1. The van der Waals surface area contributed by atoms with Crippen molar-refractivity contribution in [1.82, 2.24) is 10.2 Å². The fourth-order valence-corrected chi connectivity index (χ4v) is 3.65. The van der Waals surface area contributed by atoms with E-state index in [0.29, 0.717) is 13.0 Å². The summed E-state index contributed by atoms with van der Waals surface area (Å²) in [6.45, 7) is 4.64. The molecule has 0 spiro atoms. The lowest BCUT2D eigenvalue weighted by Crippen LogP contribution is -2.50. The molecule has 2 rings (SSSR count). The van der Waals surface area contributed by atoms with E-state index < -0.39 is 12.0 Å². The monoisotopic (exact) mass is 310 g/mol. The first-order valence-corrected chi connectivity index (χ1v) is 8.28. The normalized spacial score (nSPS) is 19.0. The van der Waals surface area contributed by atoms with Crippen LogP contribution in [0.1, 0.15) is 49.6 Å². The van der Waals surface area contributed by atoms with Gasteiger partial charge >= 0.3 is 12.0 Å². The van der Waals surface area contributed by atoms with Crippen molar-refractivity contribution in [3.05, 3.63) is 21.9 Å². The van der Waals surface area contributed by atoms with Crippen LogP contribution in [-0.2, 0) is 11.2 Å². The van der Waals surface area contributed by atoms with Crippen LogP contribution in [0.15, 0.2) is 11.4 Å². The van der Waals surface area contributed by atoms with Gasteiger partial charge in [-0.15, -0.1) is 11.3 Å². The zero-order chi connectivity index (χ0) is 15.4. The van der Waals surface area contributed by atoms with Gasteiger partial charge in [0.25, 0.3) is 0 Å². The van der Waals surface area contributed by atoms with Gasteiger partial charge in [0.2, 0.25) is 0 Å². The minimum absolute atomic E-state index is 0.000574. The largest absolute Gasteiger partial charge is 0.480 e. The van der Waals surface area contributed by atoms with Crippen LogP contribution in [0.4, 0.5) is 4.79 Å². The Morgan fingerprint density at radius 3 is 3.00 bits per heavy atom. The molecule has 0 saturated heterocycles. The van der Waals surface area contributed by atoms with Crippen molar-refractivity contribution in [2.75, 3.05) is 6.54 Å². The van der Waals surface area contributed by atoms with Crippen LogP contribution in [0.5, 0.6) is 0 Å². The molecule has 1 aliphatic heterocycles.